The molecule has 8 aromatic carbocycles. The van der Waals surface area contributed by atoms with Crippen LogP contribution < -0.4 is 0 Å². The molecule has 238 valence electrons. The lowest BCUT2D eigenvalue weighted by Gasteiger charge is -2.19. The smallest absolute Gasteiger partial charge is 0.417 e. The van der Waals surface area contributed by atoms with E-state index in [4.69, 9.17) is 4.42 Å². The molecule has 0 aliphatic carbocycles. The zero-order valence-electron chi connectivity index (χ0n) is 25.4. The molecule has 0 unspecified atom stereocenters. The minimum absolute atomic E-state index is 0.0974. The number of alkyl halides is 6. The molecule has 0 amide bonds. The molecule has 9 aromatic rings. The van der Waals surface area contributed by atoms with E-state index >= 15 is 0 Å². The molecule has 9 rings (SSSR count). The Morgan fingerprint density at radius 1 is 0.367 bits per heavy atom. The molecule has 0 aliphatic rings. The zero-order chi connectivity index (χ0) is 33.7. The van der Waals surface area contributed by atoms with Gasteiger partial charge in [0, 0.05) is 21.9 Å². The van der Waals surface area contributed by atoms with E-state index in [2.05, 4.69) is 0 Å². The van der Waals surface area contributed by atoms with Gasteiger partial charge in [0.15, 0.2) is 0 Å². The molecule has 0 saturated heterocycles. The van der Waals surface area contributed by atoms with Crippen LogP contribution in [0.3, 0.4) is 0 Å². The predicted molar refractivity (Wildman–Crippen MR) is 185 cm³/mol. The molecule has 1 nitrogen and oxygen atoms in total. The van der Waals surface area contributed by atoms with Crippen molar-refractivity contribution >= 4 is 65.0 Å². The highest BCUT2D eigenvalue weighted by Crippen LogP contribution is 2.49. The van der Waals surface area contributed by atoms with Gasteiger partial charge in [-0.05, 0) is 66.3 Å². The average Bonchev–Trinajstić information content (AvgIpc) is 3.46. The Bertz CT molecular complexity index is 2690. The van der Waals surface area contributed by atoms with Crippen LogP contribution in [-0.4, -0.2) is 0 Å². The van der Waals surface area contributed by atoms with E-state index in [1.807, 2.05) is 30.3 Å². The Kier molecular flexibility index (Phi) is 6.19. The van der Waals surface area contributed by atoms with Gasteiger partial charge >= 0.3 is 12.4 Å². The summed E-state index contributed by atoms with van der Waals surface area (Å²) in [5, 5.41) is 3.75. The van der Waals surface area contributed by atoms with Crippen molar-refractivity contribution in [1.29, 1.82) is 0 Å². The summed E-state index contributed by atoms with van der Waals surface area (Å²) in [6, 6.07) is 37.4. The highest BCUT2D eigenvalue weighted by atomic mass is 19.4. The van der Waals surface area contributed by atoms with Crippen molar-refractivity contribution in [1.82, 2.24) is 0 Å². The Balaban J connectivity index is 1.35. The van der Waals surface area contributed by atoms with Gasteiger partial charge in [0.2, 0.25) is 0 Å². The Morgan fingerprint density at radius 2 is 0.776 bits per heavy atom. The highest BCUT2D eigenvalue weighted by Gasteiger charge is 2.37. The quantitative estimate of drug-likeness (QED) is 0.133. The van der Waals surface area contributed by atoms with Crippen LogP contribution in [0, 0.1) is 0 Å². The Morgan fingerprint density at radius 3 is 1.22 bits per heavy atom. The number of halogens is 6. The molecule has 1 heterocycles. The van der Waals surface area contributed by atoms with Crippen LogP contribution in [0.4, 0.5) is 26.3 Å². The number of hydrogen-bond acceptors (Lipinski definition) is 1. The van der Waals surface area contributed by atoms with E-state index in [0.29, 0.717) is 55.0 Å². The fourth-order valence-corrected chi connectivity index (χ4v) is 7.62. The molecule has 1 aromatic heterocycles. The highest BCUT2D eigenvalue weighted by molar-refractivity contribution is 6.21. The lowest BCUT2D eigenvalue weighted by atomic mass is 9.87. The fourth-order valence-electron chi connectivity index (χ4n) is 7.62. The van der Waals surface area contributed by atoms with Gasteiger partial charge in [-0.25, -0.2) is 0 Å². The van der Waals surface area contributed by atoms with Crippen molar-refractivity contribution in [2.75, 3.05) is 0 Å². The third-order valence-corrected chi connectivity index (χ3v) is 9.48. The molecule has 0 radical (unpaired) electrons. The molecule has 49 heavy (non-hydrogen) atoms. The molecule has 0 saturated carbocycles. The second-order valence-corrected chi connectivity index (χ2v) is 12.2. The van der Waals surface area contributed by atoms with Gasteiger partial charge < -0.3 is 4.42 Å². The van der Waals surface area contributed by atoms with Crippen LogP contribution in [0.1, 0.15) is 11.1 Å². The van der Waals surface area contributed by atoms with E-state index in [0.717, 1.165) is 10.8 Å². The molecule has 0 fully saturated rings. The Hall–Kier alpha value is -5.82. The van der Waals surface area contributed by atoms with Crippen molar-refractivity contribution < 1.29 is 30.8 Å². The van der Waals surface area contributed by atoms with Gasteiger partial charge in [-0.15, -0.1) is 0 Å². The van der Waals surface area contributed by atoms with Crippen molar-refractivity contribution in [3.05, 3.63) is 145 Å². The first-order valence-corrected chi connectivity index (χ1v) is 15.6. The minimum Gasteiger partial charge on any atom is -0.455 e. The second kappa shape index (κ2) is 10.3. The molecular weight excluding hydrogens is 634 g/mol. The van der Waals surface area contributed by atoms with E-state index in [9.17, 15) is 26.3 Å². The largest absolute Gasteiger partial charge is 0.455 e. The predicted octanol–water partition coefficient (Wildman–Crippen LogP) is 13.6. The second-order valence-electron chi connectivity index (χ2n) is 12.2. The van der Waals surface area contributed by atoms with E-state index in [-0.39, 0.29) is 21.5 Å². The van der Waals surface area contributed by atoms with Crippen LogP contribution in [0.15, 0.2) is 138 Å². The standard InChI is InChI=1S/C42H22F6O/c43-41(44,45)38-28-14-5-1-10-24(28)36(25-11-2-6-15-29(25)38)23-20-21-35-34(22-23)32-18-9-19-33(40(32)49-35)37-26-12-3-7-16-30(26)39(42(46,47)48)31-17-8-4-13-27(31)37/h1-22H. The zero-order valence-corrected chi connectivity index (χ0v) is 25.4. The summed E-state index contributed by atoms with van der Waals surface area (Å²) in [5.74, 6) is 0. The monoisotopic (exact) mass is 656 g/mol. The Labute approximate surface area is 274 Å². The molecule has 0 N–H and O–H groups in total. The number of hydrogen-bond donors (Lipinski definition) is 0. The molecule has 7 heteroatoms. The van der Waals surface area contributed by atoms with Crippen molar-refractivity contribution in [2.45, 2.75) is 12.4 Å². The summed E-state index contributed by atoms with van der Waals surface area (Å²) in [7, 11) is 0. The molecule has 0 atom stereocenters. The summed E-state index contributed by atoms with van der Waals surface area (Å²) in [6.45, 7) is 0. The minimum atomic E-state index is -4.58. The lowest BCUT2D eigenvalue weighted by molar-refractivity contribution is -0.135. The van der Waals surface area contributed by atoms with Crippen LogP contribution >= 0.6 is 0 Å². The SMILES string of the molecule is FC(F)(F)c1c2ccccc2c(-c2ccc3oc4c(-c5c6ccccc6c(C(F)(F)F)c6ccccc56)cccc4c3c2)c2ccccc12. The third kappa shape index (κ3) is 4.35. The summed E-state index contributed by atoms with van der Waals surface area (Å²) in [6.07, 6.45) is -9.14. The summed E-state index contributed by atoms with van der Waals surface area (Å²) in [4.78, 5) is 0. The third-order valence-electron chi connectivity index (χ3n) is 9.48. The number of benzene rings is 8. The van der Waals surface area contributed by atoms with Gasteiger partial charge in [0.05, 0.1) is 11.1 Å². The topological polar surface area (TPSA) is 13.1 Å². The van der Waals surface area contributed by atoms with Crippen molar-refractivity contribution in [3.8, 4) is 22.3 Å². The van der Waals surface area contributed by atoms with Crippen LogP contribution in [0.2, 0.25) is 0 Å². The maximum atomic E-state index is 14.6. The van der Waals surface area contributed by atoms with Gasteiger partial charge in [-0.1, -0.05) is 121 Å². The number of para-hydroxylation sites is 1. The maximum absolute atomic E-state index is 14.6. The van der Waals surface area contributed by atoms with Gasteiger partial charge in [-0.3, -0.25) is 0 Å². The van der Waals surface area contributed by atoms with Crippen LogP contribution in [-0.2, 0) is 12.4 Å². The van der Waals surface area contributed by atoms with E-state index in [1.54, 1.807) is 78.9 Å². The maximum Gasteiger partial charge on any atom is 0.417 e. The van der Waals surface area contributed by atoms with Gasteiger partial charge in [0.1, 0.15) is 11.2 Å². The van der Waals surface area contributed by atoms with Crippen LogP contribution in [0.5, 0.6) is 0 Å². The first-order chi connectivity index (χ1) is 23.6. The molecular formula is C42H22F6O. The molecule has 0 aliphatic heterocycles. The molecule has 0 bridgehead atoms. The fraction of sp³-hybridized carbons (Fsp3) is 0.0476. The van der Waals surface area contributed by atoms with Crippen LogP contribution in [0.25, 0.3) is 87.3 Å². The normalized spacial score (nSPS) is 12.7. The summed E-state index contributed by atoms with van der Waals surface area (Å²) >= 11 is 0. The van der Waals surface area contributed by atoms with Gasteiger partial charge in [0.25, 0.3) is 0 Å². The first-order valence-electron chi connectivity index (χ1n) is 15.6. The summed E-state index contributed by atoms with van der Waals surface area (Å²) < 4.78 is 93.7. The summed E-state index contributed by atoms with van der Waals surface area (Å²) in [5.41, 5.74) is 2.36. The number of rotatable bonds is 2. The molecule has 0 spiro atoms. The van der Waals surface area contributed by atoms with E-state index < -0.39 is 23.5 Å². The van der Waals surface area contributed by atoms with Crippen molar-refractivity contribution in [3.63, 3.8) is 0 Å². The van der Waals surface area contributed by atoms with Crippen molar-refractivity contribution in [2.24, 2.45) is 0 Å². The van der Waals surface area contributed by atoms with E-state index in [1.165, 1.54) is 24.3 Å². The van der Waals surface area contributed by atoms with Gasteiger partial charge in [-0.2, -0.15) is 26.3 Å². The first kappa shape index (κ1) is 29.3. The lowest BCUT2D eigenvalue weighted by Crippen LogP contribution is -2.07. The number of furan rings is 1. The average molecular weight is 657 g/mol. The number of fused-ring (bicyclic) bond motifs is 7.